The van der Waals surface area contributed by atoms with Gasteiger partial charge in [-0.25, -0.2) is 9.59 Å². The molecule has 6 heteroatoms. The number of carbonyl (C=O) groups excluding carboxylic acids is 2. The quantitative estimate of drug-likeness (QED) is 0.275. The van der Waals surface area contributed by atoms with Crippen molar-refractivity contribution in [1.82, 2.24) is 4.57 Å². The van der Waals surface area contributed by atoms with Crippen LogP contribution in [0, 0.1) is 0 Å². The lowest BCUT2D eigenvalue weighted by atomic mass is 10.1. The lowest BCUT2D eigenvalue weighted by Gasteiger charge is -2.38. The highest BCUT2D eigenvalue weighted by Crippen LogP contribution is 2.37. The Morgan fingerprint density at radius 1 is 0.903 bits per heavy atom. The molecule has 1 aromatic rings. The number of esters is 1. The van der Waals surface area contributed by atoms with Gasteiger partial charge >= 0.3 is 12.1 Å². The summed E-state index contributed by atoms with van der Waals surface area (Å²) in [5.41, 5.74) is 0.110. The number of nitrogens with zero attached hydrogens (tertiary/aromatic N) is 1. The highest BCUT2D eigenvalue weighted by Gasteiger charge is 2.45. The molecular weight excluding hydrogens is 406 g/mol. The molecular formula is C25H45NO4Si. The minimum atomic E-state index is -2.31. The summed E-state index contributed by atoms with van der Waals surface area (Å²) in [6, 6.07) is 1.88. The fourth-order valence-electron chi connectivity index (χ4n) is 3.28. The number of carbonyl (C=O) groups is 2. The van der Waals surface area contributed by atoms with E-state index in [0.29, 0.717) is 5.56 Å². The zero-order valence-corrected chi connectivity index (χ0v) is 23.0. The number of unbranched alkanes of at least 4 members (excludes halogenated alkanes) is 2. The molecule has 0 amide bonds. The molecule has 0 unspecified atom stereocenters. The van der Waals surface area contributed by atoms with Gasteiger partial charge in [0, 0.05) is 11.0 Å². The zero-order valence-electron chi connectivity index (χ0n) is 22.0. The van der Waals surface area contributed by atoms with Gasteiger partial charge in [0.2, 0.25) is 0 Å². The standard InChI is InChI=1S/C25H45NO4Si/c1-13-14-15-16-18-17-19(21(27)29-23(2,3)4)20(31(11,12)25(8,9)10)26(18)22(28)30-24(5,6)7/h17H,13-16H2,1-12H3. The van der Waals surface area contributed by atoms with Gasteiger partial charge in [-0.15, -0.1) is 0 Å². The Hall–Kier alpha value is -1.56. The average molecular weight is 452 g/mol. The van der Waals surface area contributed by atoms with Crippen molar-refractivity contribution in [3.8, 4) is 0 Å². The maximum Gasteiger partial charge on any atom is 0.418 e. The molecule has 0 spiro atoms. The predicted molar refractivity (Wildman–Crippen MR) is 131 cm³/mol. The van der Waals surface area contributed by atoms with Crippen LogP contribution in [0.3, 0.4) is 0 Å². The number of hydrogen-bond acceptors (Lipinski definition) is 4. The van der Waals surface area contributed by atoms with Gasteiger partial charge in [0.1, 0.15) is 19.3 Å². The summed E-state index contributed by atoms with van der Waals surface area (Å²) in [5.74, 6) is -0.369. The van der Waals surface area contributed by atoms with Crippen molar-refractivity contribution in [3.63, 3.8) is 0 Å². The van der Waals surface area contributed by atoms with Crippen molar-refractivity contribution >= 4 is 25.5 Å². The average Bonchev–Trinajstić information content (AvgIpc) is 2.91. The van der Waals surface area contributed by atoms with Gasteiger partial charge in [-0.05, 0) is 65.5 Å². The van der Waals surface area contributed by atoms with Gasteiger partial charge in [-0.2, -0.15) is 0 Å². The number of aromatic nitrogens is 1. The molecule has 1 heterocycles. The largest absolute Gasteiger partial charge is 0.456 e. The molecule has 0 N–H and O–H groups in total. The monoisotopic (exact) mass is 451 g/mol. The summed E-state index contributed by atoms with van der Waals surface area (Å²) in [4.78, 5) is 26.7. The second-order valence-corrected chi connectivity index (χ2v) is 17.3. The van der Waals surface area contributed by atoms with Gasteiger partial charge < -0.3 is 9.47 Å². The van der Waals surface area contributed by atoms with Crippen LogP contribution in [-0.4, -0.2) is 35.9 Å². The molecule has 5 nitrogen and oxygen atoms in total. The molecule has 0 aliphatic carbocycles. The van der Waals surface area contributed by atoms with Gasteiger partial charge in [0.05, 0.1) is 5.56 Å². The Balaban J connectivity index is 3.82. The van der Waals surface area contributed by atoms with Crippen LogP contribution in [0.4, 0.5) is 4.79 Å². The maximum atomic E-state index is 13.4. The lowest BCUT2D eigenvalue weighted by Crippen LogP contribution is -2.56. The molecule has 31 heavy (non-hydrogen) atoms. The van der Waals surface area contributed by atoms with E-state index in [0.717, 1.165) is 36.7 Å². The molecule has 0 radical (unpaired) electrons. The molecule has 178 valence electrons. The molecule has 1 aromatic heterocycles. The van der Waals surface area contributed by atoms with E-state index >= 15 is 0 Å². The molecule has 0 aromatic carbocycles. The van der Waals surface area contributed by atoms with Crippen molar-refractivity contribution in [2.24, 2.45) is 0 Å². The topological polar surface area (TPSA) is 57.5 Å². The van der Waals surface area contributed by atoms with Crippen LogP contribution < -0.4 is 5.32 Å². The van der Waals surface area contributed by atoms with E-state index in [-0.39, 0.29) is 11.0 Å². The van der Waals surface area contributed by atoms with Crippen molar-refractivity contribution in [2.75, 3.05) is 0 Å². The van der Waals surface area contributed by atoms with E-state index in [9.17, 15) is 9.59 Å². The molecule has 0 atom stereocenters. The minimum Gasteiger partial charge on any atom is -0.456 e. The van der Waals surface area contributed by atoms with Gasteiger partial charge in [0.25, 0.3) is 0 Å². The minimum absolute atomic E-state index is 0.0808. The molecule has 1 rings (SSSR count). The van der Waals surface area contributed by atoms with Gasteiger partial charge in [-0.3, -0.25) is 4.57 Å². The Labute approximate surface area is 190 Å². The Kier molecular flexibility index (Phi) is 8.43. The smallest absolute Gasteiger partial charge is 0.418 e. The third-order valence-electron chi connectivity index (χ3n) is 5.78. The van der Waals surface area contributed by atoms with Crippen molar-refractivity contribution < 1.29 is 19.1 Å². The summed E-state index contributed by atoms with van der Waals surface area (Å²) >= 11 is 0. The molecule has 0 saturated heterocycles. The van der Waals surface area contributed by atoms with Crippen LogP contribution in [0.2, 0.25) is 18.1 Å². The summed E-state index contributed by atoms with van der Waals surface area (Å²) in [5, 5.41) is 0.720. The Morgan fingerprint density at radius 2 is 1.42 bits per heavy atom. The zero-order chi connectivity index (χ0) is 24.4. The van der Waals surface area contributed by atoms with Crippen LogP contribution in [0.1, 0.15) is 105 Å². The first-order valence-corrected chi connectivity index (χ1v) is 14.5. The molecule has 0 aliphatic rings. The number of hydrogen-bond donors (Lipinski definition) is 0. The third kappa shape index (κ3) is 7.23. The maximum absolute atomic E-state index is 13.4. The summed E-state index contributed by atoms with van der Waals surface area (Å²) in [6.07, 6.45) is 3.41. The van der Waals surface area contributed by atoms with Gasteiger partial charge in [0.15, 0.2) is 0 Å². The van der Waals surface area contributed by atoms with Crippen LogP contribution in [0.5, 0.6) is 0 Å². The van der Waals surface area contributed by atoms with E-state index in [4.69, 9.17) is 9.47 Å². The van der Waals surface area contributed by atoms with E-state index in [2.05, 4.69) is 40.8 Å². The van der Waals surface area contributed by atoms with E-state index < -0.39 is 25.4 Å². The fraction of sp³-hybridized carbons (Fsp3) is 0.760. The van der Waals surface area contributed by atoms with Gasteiger partial charge in [-0.1, -0.05) is 53.6 Å². The van der Waals surface area contributed by atoms with Crippen molar-refractivity contribution in [1.29, 1.82) is 0 Å². The Morgan fingerprint density at radius 3 is 1.84 bits per heavy atom. The SMILES string of the molecule is CCCCCc1cc(C(=O)OC(C)(C)C)c([Si](C)(C)C(C)(C)C)n1C(=O)OC(C)(C)C. The number of rotatable bonds is 6. The highest BCUT2D eigenvalue weighted by atomic mass is 28.3. The predicted octanol–water partition coefficient (Wildman–Crippen LogP) is 6.67. The second-order valence-electron chi connectivity index (χ2n) is 12.0. The Bertz CT molecular complexity index is 786. The normalized spacial score (nSPS) is 13.3. The lowest BCUT2D eigenvalue weighted by molar-refractivity contribution is 0.00711. The second kappa shape index (κ2) is 9.51. The van der Waals surface area contributed by atoms with Crippen LogP contribution in [-0.2, 0) is 15.9 Å². The highest BCUT2D eigenvalue weighted by molar-refractivity contribution is 6.92. The number of ether oxygens (including phenoxy) is 2. The van der Waals surface area contributed by atoms with Crippen molar-refractivity contribution in [3.05, 3.63) is 17.3 Å². The first-order valence-electron chi connectivity index (χ1n) is 11.5. The molecule has 0 saturated carbocycles. The van der Waals surface area contributed by atoms with E-state index in [1.807, 2.05) is 47.6 Å². The van der Waals surface area contributed by atoms with Crippen molar-refractivity contribution in [2.45, 2.75) is 124 Å². The first kappa shape index (κ1) is 27.5. The molecule has 0 bridgehead atoms. The summed E-state index contributed by atoms with van der Waals surface area (Å²) in [6.45, 7) is 24.3. The van der Waals surface area contributed by atoms with E-state index in [1.54, 1.807) is 4.57 Å². The molecule has 0 fully saturated rings. The number of aryl methyl sites for hydroxylation is 1. The van der Waals surface area contributed by atoms with Crippen LogP contribution in [0.25, 0.3) is 0 Å². The summed E-state index contributed by atoms with van der Waals surface area (Å²) in [7, 11) is -2.31. The van der Waals surface area contributed by atoms with Crippen LogP contribution in [0.15, 0.2) is 6.07 Å². The molecule has 0 aliphatic heterocycles. The van der Waals surface area contributed by atoms with Crippen LogP contribution >= 0.6 is 0 Å². The first-order chi connectivity index (χ1) is 13.8. The van der Waals surface area contributed by atoms with E-state index in [1.165, 1.54) is 0 Å². The fourth-order valence-corrected chi connectivity index (χ4v) is 5.63. The summed E-state index contributed by atoms with van der Waals surface area (Å²) < 4.78 is 13.3. The third-order valence-corrected chi connectivity index (χ3v) is 11.2.